The van der Waals surface area contributed by atoms with Crippen LogP contribution >= 0.6 is 0 Å². The molecule has 11 heteroatoms. The molecule has 8 nitrogen and oxygen atoms in total. The summed E-state index contributed by atoms with van der Waals surface area (Å²) in [7, 11) is 1.30. The van der Waals surface area contributed by atoms with E-state index >= 15 is 0 Å². The van der Waals surface area contributed by atoms with Crippen LogP contribution in [0.15, 0.2) is 72.8 Å². The van der Waals surface area contributed by atoms with Gasteiger partial charge in [0.05, 0.1) is 35.2 Å². The summed E-state index contributed by atoms with van der Waals surface area (Å²) in [4.78, 5) is 35.8. The first-order valence-electron chi connectivity index (χ1n) is 16.0. The number of carbonyl (C=O) groups excluding carboxylic acids is 2. The number of rotatable bonds is 7. The van der Waals surface area contributed by atoms with Gasteiger partial charge in [0.1, 0.15) is 23.8 Å². The number of pyridine rings is 1. The minimum Gasteiger partial charge on any atom is -0.497 e. The van der Waals surface area contributed by atoms with Crippen LogP contribution in [-0.4, -0.2) is 59.9 Å². The van der Waals surface area contributed by atoms with Crippen LogP contribution in [0.4, 0.5) is 13.2 Å². The van der Waals surface area contributed by atoms with Gasteiger partial charge < -0.3 is 19.3 Å². The Kier molecular flexibility index (Phi) is 9.27. The van der Waals surface area contributed by atoms with Gasteiger partial charge in [-0.2, -0.15) is 18.4 Å². The number of hydrogen-bond acceptors (Lipinski definition) is 6. The Morgan fingerprint density at radius 1 is 0.875 bits per heavy atom. The highest BCUT2D eigenvalue weighted by Gasteiger charge is 2.38. The monoisotopic (exact) mass is 656 g/mol. The SMILES string of the molecule is COc1ccc(COc2ccc3nc(C(=O)N4CCC(C#N)(c5ccccc5)CC4)cc(C(=O)N4CCCCC4)c3c2)c(C(F)(F)F)c1. The van der Waals surface area contributed by atoms with Crippen molar-refractivity contribution in [2.24, 2.45) is 0 Å². The molecule has 248 valence electrons. The number of amides is 2. The average molecular weight is 657 g/mol. The van der Waals surface area contributed by atoms with Gasteiger partial charge in [-0.25, -0.2) is 4.98 Å². The first kappa shape index (κ1) is 32.8. The molecule has 2 saturated heterocycles. The van der Waals surface area contributed by atoms with Crippen LogP contribution in [0.1, 0.15) is 69.6 Å². The highest BCUT2D eigenvalue weighted by Crippen LogP contribution is 2.37. The first-order valence-corrected chi connectivity index (χ1v) is 16.0. The van der Waals surface area contributed by atoms with Crippen molar-refractivity contribution >= 4 is 22.7 Å². The number of fused-ring (bicyclic) bond motifs is 1. The second-order valence-electron chi connectivity index (χ2n) is 12.2. The molecule has 2 fully saturated rings. The molecule has 0 radical (unpaired) electrons. The van der Waals surface area contributed by atoms with Gasteiger partial charge in [0.2, 0.25) is 0 Å². The van der Waals surface area contributed by atoms with E-state index in [1.807, 2.05) is 30.3 Å². The van der Waals surface area contributed by atoms with Crippen LogP contribution in [0.2, 0.25) is 0 Å². The summed E-state index contributed by atoms with van der Waals surface area (Å²) in [5.74, 6) is -0.234. The third-order valence-electron chi connectivity index (χ3n) is 9.33. The van der Waals surface area contributed by atoms with Crippen LogP contribution in [0, 0.1) is 11.3 Å². The van der Waals surface area contributed by atoms with E-state index in [9.17, 15) is 28.0 Å². The lowest BCUT2D eigenvalue weighted by Crippen LogP contribution is -2.45. The molecule has 3 aromatic carbocycles. The van der Waals surface area contributed by atoms with Crippen molar-refractivity contribution < 1.29 is 32.2 Å². The number of hydrogen-bond donors (Lipinski definition) is 0. The van der Waals surface area contributed by atoms with Crippen LogP contribution < -0.4 is 9.47 Å². The number of nitrogens with zero attached hydrogens (tertiary/aromatic N) is 4. The number of ether oxygens (including phenoxy) is 2. The fraction of sp³-hybridized carbons (Fsp3) is 0.351. The number of nitriles is 1. The number of halogens is 3. The normalized spacial score (nSPS) is 16.3. The maximum atomic E-state index is 13.9. The van der Waals surface area contributed by atoms with Crippen molar-refractivity contribution in [2.45, 2.75) is 50.3 Å². The molecule has 0 N–H and O–H groups in total. The molecule has 0 atom stereocenters. The van der Waals surface area contributed by atoms with Gasteiger partial charge in [0, 0.05) is 37.1 Å². The van der Waals surface area contributed by atoms with E-state index in [4.69, 9.17) is 9.47 Å². The lowest BCUT2D eigenvalue weighted by atomic mass is 9.74. The van der Waals surface area contributed by atoms with Crippen molar-refractivity contribution in [1.29, 1.82) is 5.26 Å². The predicted octanol–water partition coefficient (Wildman–Crippen LogP) is 7.16. The molecule has 4 aromatic rings. The Morgan fingerprint density at radius 3 is 2.23 bits per heavy atom. The number of aromatic nitrogens is 1. The summed E-state index contributed by atoms with van der Waals surface area (Å²) in [5, 5.41) is 10.5. The van der Waals surface area contributed by atoms with Gasteiger partial charge in [-0.3, -0.25) is 9.59 Å². The Bertz CT molecular complexity index is 1860. The highest BCUT2D eigenvalue weighted by atomic mass is 19.4. The second kappa shape index (κ2) is 13.6. The Labute approximate surface area is 276 Å². The van der Waals surface area contributed by atoms with Gasteiger partial charge >= 0.3 is 6.18 Å². The average Bonchev–Trinajstić information content (AvgIpc) is 3.13. The Balaban J connectivity index is 1.29. The topological polar surface area (TPSA) is 95.8 Å². The van der Waals surface area contributed by atoms with E-state index in [2.05, 4.69) is 11.1 Å². The second-order valence-corrected chi connectivity index (χ2v) is 12.2. The molecular weight excluding hydrogens is 621 g/mol. The van der Waals surface area contributed by atoms with Gasteiger partial charge in [-0.15, -0.1) is 0 Å². The van der Waals surface area contributed by atoms with Crippen LogP contribution in [0.5, 0.6) is 11.5 Å². The zero-order valence-corrected chi connectivity index (χ0v) is 26.6. The molecule has 1 aromatic heterocycles. The van der Waals surface area contributed by atoms with Crippen LogP contribution in [0.25, 0.3) is 10.9 Å². The molecule has 0 aliphatic carbocycles. The van der Waals surface area contributed by atoms with E-state index in [1.54, 1.807) is 28.0 Å². The van der Waals surface area contributed by atoms with Gasteiger partial charge in [-0.05, 0) is 74.1 Å². The molecule has 0 unspecified atom stereocenters. The van der Waals surface area contributed by atoms with Gasteiger partial charge in [0.25, 0.3) is 11.8 Å². The van der Waals surface area contributed by atoms with Crippen LogP contribution in [0.3, 0.4) is 0 Å². The fourth-order valence-corrected chi connectivity index (χ4v) is 6.56. The number of carbonyl (C=O) groups is 2. The van der Waals surface area contributed by atoms with E-state index < -0.39 is 17.2 Å². The summed E-state index contributed by atoms with van der Waals surface area (Å²) in [6, 6.07) is 22.0. The predicted molar refractivity (Wildman–Crippen MR) is 173 cm³/mol. The fourth-order valence-electron chi connectivity index (χ4n) is 6.56. The largest absolute Gasteiger partial charge is 0.497 e. The summed E-state index contributed by atoms with van der Waals surface area (Å²) < 4.78 is 52.2. The van der Waals surface area contributed by atoms with Crippen molar-refractivity contribution in [3.05, 3.63) is 101 Å². The van der Waals surface area contributed by atoms with E-state index in [1.165, 1.54) is 25.3 Å². The molecule has 0 spiro atoms. The van der Waals surface area contributed by atoms with Gasteiger partial charge in [0.15, 0.2) is 0 Å². The zero-order chi connectivity index (χ0) is 33.9. The number of alkyl halides is 3. The summed E-state index contributed by atoms with van der Waals surface area (Å²) >= 11 is 0. The quantitative estimate of drug-likeness (QED) is 0.210. The van der Waals surface area contributed by atoms with Crippen molar-refractivity contribution in [3.8, 4) is 17.6 Å². The molecule has 0 saturated carbocycles. The molecule has 2 aliphatic rings. The Morgan fingerprint density at radius 2 is 1.56 bits per heavy atom. The third-order valence-corrected chi connectivity index (χ3v) is 9.33. The standard InChI is InChI=1S/C37H35F3N4O4/c1-47-27-11-10-25(31(21-27)37(38,39)40)23-48-28-12-13-32-29(20-28)30(34(45)43-16-6-3-7-17-43)22-33(42-32)35(46)44-18-14-36(24-41,15-19-44)26-8-4-2-5-9-26/h2,4-5,8-13,20-22H,3,6-7,14-19,23H2,1H3. The molecule has 3 heterocycles. The molecule has 0 bridgehead atoms. The van der Waals surface area contributed by atoms with E-state index in [0.717, 1.165) is 30.9 Å². The van der Waals surface area contributed by atoms with Crippen molar-refractivity contribution in [2.75, 3.05) is 33.3 Å². The molecule has 2 aliphatic heterocycles. The summed E-state index contributed by atoms with van der Waals surface area (Å²) in [6.45, 7) is 1.51. The third kappa shape index (κ3) is 6.65. The van der Waals surface area contributed by atoms with E-state index in [-0.39, 0.29) is 46.7 Å². The maximum Gasteiger partial charge on any atom is 0.416 e. The number of likely N-dealkylation sites (tertiary alicyclic amines) is 2. The minimum atomic E-state index is -4.61. The molecule has 48 heavy (non-hydrogen) atoms. The zero-order valence-electron chi connectivity index (χ0n) is 26.6. The number of methoxy groups -OCH3 is 1. The lowest BCUT2D eigenvalue weighted by molar-refractivity contribution is -0.138. The lowest BCUT2D eigenvalue weighted by Gasteiger charge is -2.37. The van der Waals surface area contributed by atoms with Crippen LogP contribution in [-0.2, 0) is 18.2 Å². The number of benzene rings is 3. The first-order chi connectivity index (χ1) is 23.1. The molecule has 2 amide bonds. The summed E-state index contributed by atoms with van der Waals surface area (Å²) in [6.07, 6.45) is -0.906. The van der Waals surface area contributed by atoms with Crippen molar-refractivity contribution in [1.82, 2.24) is 14.8 Å². The molecule has 6 rings (SSSR count). The van der Waals surface area contributed by atoms with E-state index in [0.29, 0.717) is 49.9 Å². The Hall–Kier alpha value is -5.11. The van der Waals surface area contributed by atoms with Gasteiger partial charge in [-0.1, -0.05) is 36.4 Å². The summed E-state index contributed by atoms with van der Waals surface area (Å²) in [5.41, 5.74) is 0.104. The molecular formula is C37H35F3N4O4. The number of piperidine rings is 2. The van der Waals surface area contributed by atoms with Crippen molar-refractivity contribution in [3.63, 3.8) is 0 Å². The maximum absolute atomic E-state index is 13.9. The minimum absolute atomic E-state index is 0.0682. The highest BCUT2D eigenvalue weighted by molar-refractivity contribution is 6.09. The smallest absolute Gasteiger partial charge is 0.416 e.